The Bertz CT molecular complexity index is 546. The van der Waals surface area contributed by atoms with Gasteiger partial charge in [-0.05, 0) is 13.0 Å². The van der Waals surface area contributed by atoms with Crippen LogP contribution in [0, 0.1) is 0 Å². The van der Waals surface area contributed by atoms with Crippen molar-refractivity contribution < 1.29 is 9.90 Å². The van der Waals surface area contributed by atoms with Gasteiger partial charge in [-0.3, -0.25) is 0 Å². The summed E-state index contributed by atoms with van der Waals surface area (Å²) in [5, 5.41) is 17.1. The van der Waals surface area contributed by atoms with Gasteiger partial charge in [-0.25, -0.2) is 4.79 Å². The van der Waals surface area contributed by atoms with Gasteiger partial charge in [0.1, 0.15) is 12.0 Å². The minimum absolute atomic E-state index is 0.139. The number of nitrogens with zero attached hydrogens (tertiary/aromatic N) is 4. The average molecular weight is 255 g/mol. The van der Waals surface area contributed by atoms with Crippen LogP contribution in [0.5, 0.6) is 0 Å². The van der Waals surface area contributed by atoms with E-state index in [1.165, 1.54) is 6.07 Å². The van der Waals surface area contributed by atoms with Crippen LogP contribution in [0.4, 0.5) is 0 Å². The number of rotatable bonds is 4. The monoisotopic (exact) mass is 254 g/mol. The standard InChI is InChI=1S/C10H11ClN4O2/c1-2-14-6-12-13-9(14)5-15-4-7(11)3-8(15)10(16)17/h3-4,6H,2,5H2,1H3,(H,16,17). The molecular weight excluding hydrogens is 244 g/mol. The van der Waals surface area contributed by atoms with Crippen molar-refractivity contribution in [2.24, 2.45) is 0 Å². The predicted molar refractivity (Wildman–Crippen MR) is 61.2 cm³/mol. The molecule has 0 saturated heterocycles. The van der Waals surface area contributed by atoms with E-state index in [2.05, 4.69) is 10.2 Å². The second-order valence-corrected chi connectivity index (χ2v) is 3.95. The lowest BCUT2D eigenvalue weighted by molar-refractivity contribution is 0.0685. The molecule has 0 saturated carbocycles. The van der Waals surface area contributed by atoms with Gasteiger partial charge in [0.15, 0.2) is 5.82 Å². The molecule has 0 aromatic carbocycles. The van der Waals surface area contributed by atoms with Crippen LogP contribution < -0.4 is 0 Å². The number of carboxylic acid groups (broad SMARTS) is 1. The van der Waals surface area contributed by atoms with Crippen molar-refractivity contribution in [3.63, 3.8) is 0 Å². The van der Waals surface area contributed by atoms with E-state index in [1.54, 1.807) is 17.1 Å². The third-order valence-corrected chi connectivity index (χ3v) is 2.64. The fraction of sp³-hybridized carbons (Fsp3) is 0.300. The zero-order chi connectivity index (χ0) is 12.4. The van der Waals surface area contributed by atoms with Gasteiger partial charge in [-0.15, -0.1) is 10.2 Å². The molecular formula is C10H11ClN4O2. The zero-order valence-electron chi connectivity index (χ0n) is 9.17. The van der Waals surface area contributed by atoms with Gasteiger partial charge in [0, 0.05) is 12.7 Å². The molecule has 2 aromatic rings. The van der Waals surface area contributed by atoms with Gasteiger partial charge < -0.3 is 14.2 Å². The highest BCUT2D eigenvalue weighted by atomic mass is 35.5. The van der Waals surface area contributed by atoms with Crippen molar-refractivity contribution in [2.75, 3.05) is 0 Å². The first-order valence-corrected chi connectivity index (χ1v) is 5.45. The van der Waals surface area contributed by atoms with E-state index in [0.29, 0.717) is 17.4 Å². The number of aromatic nitrogens is 4. The molecule has 6 nitrogen and oxygen atoms in total. The second-order valence-electron chi connectivity index (χ2n) is 3.51. The lowest BCUT2D eigenvalue weighted by atomic mass is 10.4. The summed E-state index contributed by atoms with van der Waals surface area (Å²) in [4.78, 5) is 11.0. The first-order valence-electron chi connectivity index (χ1n) is 5.07. The molecule has 90 valence electrons. The summed E-state index contributed by atoms with van der Waals surface area (Å²) >= 11 is 5.80. The minimum Gasteiger partial charge on any atom is -0.477 e. The molecule has 2 aromatic heterocycles. The van der Waals surface area contributed by atoms with Crippen LogP contribution >= 0.6 is 11.6 Å². The summed E-state index contributed by atoms with van der Waals surface area (Å²) < 4.78 is 3.39. The highest BCUT2D eigenvalue weighted by molar-refractivity contribution is 6.30. The number of hydrogen-bond donors (Lipinski definition) is 1. The number of halogens is 1. The number of carbonyl (C=O) groups is 1. The Labute approximate surface area is 102 Å². The summed E-state index contributed by atoms with van der Waals surface area (Å²) in [6.07, 6.45) is 3.18. The lowest BCUT2D eigenvalue weighted by Gasteiger charge is -2.06. The fourth-order valence-corrected chi connectivity index (χ4v) is 1.82. The minimum atomic E-state index is -1.01. The zero-order valence-corrected chi connectivity index (χ0v) is 9.92. The summed E-state index contributed by atoms with van der Waals surface area (Å²) in [6, 6.07) is 1.41. The Kier molecular flexibility index (Phi) is 3.14. The first-order chi connectivity index (χ1) is 8.11. The van der Waals surface area contributed by atoms with Gasteiger partial charge in [0.25, 0.3) is 0 Å². The smallest absolute Gasteiger partial charge is 0.352 e. The summed E-state index contributed by atoms with van der Waals surface area (Å²) in [5.74, 6) is -0.318. The molecule has 17 heavy (non-hydrogen) atoms. The fourth-order valence-electron chi connectivity index (χ4n) is 1.60. The van der Waals surface area contributed by atoms with Crippen LogP contribution in [-0.2, 0) is 13.1 Å². The summed E-state index contributed by atoms with van der Waals surface area (Å²) in [7, 11) is 0. The van der Waals surface area contributed by atoms with Gasteiger partial charge in [0.2, 0.25) is 0 Å². The topological polar surface area (TPSA) is 72.9 Å². The molecule has 0 atom stereocenters. The molecule has 0 aliphatic heterocycles. The largest absolute Gasteiger partial charge is 0.477 e. The highest BCUT2D eigenvalue weighted by Crippen LogP contribution is 2.15. The van der Waals surface area contributed by atoms with Crippen LogP contribution in [0.15, 0.2) is 18.6 Å². The number of hydrogen-bond acceptors (Lipinski definition) is 3. The molecule has 0 spiro atoms. The van der Waals surface area contributed by atoms with Gasteiger partial charge in [0.05, 0.1) is 11.6 Å². The van der Waals surface area contributed by atoms with E-state index >= 15 is 0 Å². The lowest BCUT2D eigenvalue weighted by Crippen LogP contribution is -2.12. The second kappa shape index (κ2) is 4.58. The van der Waals surface area contributed by atoms with Crippen molar-refractivity contribution in [1.82, 2.24) is 19.3 Å². The van der Waals surface area contributed by atoms with Crippen molar-refractivity contribution in [1.29, 1.82) is 0 Å². The van der Waals surface area contributed by atoms with E-state index in [-0.39, 0.29) is 5.69 Å². The van der Waals surface area contributed by atoms with Crippen molar-refractivity contribution in [2.45, 2.75) is 20.0 Å². The Balaban J connectivity index is 2.33. The van der Waals surface area contributed by atoms with E-state index in [9.17, 15) is 4.79 Å². The van der Waals surface area contributed by atoms with Crippen molar-refractivity contribution in [3.05, 3.63) is 35.1 Å². The molecule has 0 aliphatic carbocycles. The normalized spacial score (nSPS) is 10.7. The third kappa shape index (κ3) is 2.31. The average Bonchev–Trinajstić information content (AvgIpc) is 2.85. The predicted octanol–water partition coefficient (Wildman–Crippen LogP) is 1.50. The molecule has 0 aliphatic rings. The van der Waals surface area contributed by atoms with Crippen LogP contribution in [0.2, 0.25) is 5.02 Å². The van der Waals surface area contributed by atoms with Crippen LogP contribution in [-0.4, -0.2) is 30.4 Å². The molecule has 1 N–H and O–H groups in total. The van der Waals surface area contributed by atoms with Crippen LogP contribution in [0.25, 0.3) is 0 Å². The number of aryl methyl sites for hydroxylation is 1. The maximum Gasteiger partial charge on any atom is 0.352 e. The maximum atomic E-state index is 11.0. The van der Waals surface area contributed by atoms with Gasteiger partial charge in [-0.1, -0.05) is 11.6 Å². The quantitative estimate of drug-likeness (QED) is 0.897. The van der Waals surface area contributed by atoms with Gasteiger partial charge in [-0.2, -0.15) is 0 Å². The number of carboxylic acids is 1. The van der Waals surface area contributed by atoms with E-state index in [0.717, 1.165) is 6.54 Å². The van der Waals surface area contributed by atoms with Crippen molar-refractivity contribution >= 4 is 17.6 Å². The molecule has 7 heteroatoms. The van der Waals surface area contributed by atoms with Gasteiger partial charge >= 0.3 is 5.97 Å². The number of aromatic carboxylic acids is 1. The van der Waals surface area contributed by atoms with E-state index in [1.807, 2.05) is 11.5 Å². The molecule has 0 amide bonds. The molecule has 0 radical (unpaired) electrons. The Hall–Kier alpha value is -1.82. The van der Waals surface area contributed by atoms with E-state index in [4.69, 9.17) is 16.7 Å². The van der Waals surface area contributed by atoms with Crippen molar-refractivity contribution in [3.8, 4) is 0 Å². The molecule has 2 heterocycles. The highest BCUT2D eigenvalue weighted by Gasteiger charge is 2.13. The van der Waals surface area contributed by atoms with Crippen LogP contribution in [0.1, 0.15) is 23.2 Å². The third-order valence-electron chi connectivity index (χ3n) is 2.43. The molecule has 2 rings (SSSR count). The Morgan fingerprint density at radius 1 is 1.53 bits per heavy atom. The van der Waals surface area contributed by atoms with Crippen LogP contribution in [0.3, 0.4) is 0 Å². The van der Waals surface area contributed by atoms with E-state index < -0.39 is 5.97 Å². The molecule has 0 fully saturated rings. The maximum absolute atomic E-state index is 11.0. The molecule has 0 bridgehead atoms. The summed E-state index contributed by atoms with van der Waals surface area (Å²) in [5.41, 5.74) is 0.139. The first kappa shape index (κ1) is 11.7. The molecule has 0 unspecified atom stereocenters. The SMILES string of the molecule is CCn1cnnc1Cn1cc(Cl)cc1C(=O)O. The Morgan fingerprint density at radius 2 is 2.29 bits per heavy atom. The summed E-state index contributed by atoms with van der Waals surface area (Å²) in [6.45, 7) is 3.04. The Morgan fingerprint density at radius 3 is 2.94 bits per heavy atom.